The molecule has 10 atom stereocenters. The Bertz CT molecular complexity index is 1630. The molecule has 1 aromatic heterocycles. The molecule has 0 aromatic carbocycles. The molecule has 6 aliphatic carbocycles. The standard InChI is InChI=1S/C45H66N2O5/c1-27(2)36-32(48)25-45(21-23-46-26-28-12-10-11-22-47-28)20-19-43(8)29(37(36)45)13-14-34-42(7)17-16-35(41(5,6)33(42)15-18-44(34,43)9)52-39(51)31-24-30(38(49)50)40(31,3)4/h10-12,22,27,29-31,33-35,46H,13-21,23-26H2,1-9H3,(H,49,50)/t29-,30+,31-,33+,34-,35+,42+,43-,44-,45-/m1/s1. The summed E-state index contributed by atoms with van der Waals surface area (Å²) in [6.07, 6.45) is 12.6. The van der Waals surface area contributed by atoms with Crippen LogP contribution in [0.3, 0.4) is 0 Å². The minimum Gasteiger partial charge on any atom is -0.481 e. The number of carbonyl (C=O) groups excluding carboxylic acids is 2. The van der Waals surface area contributed by atoms with Gasteiger partial charge in [-0.15, -0.1) is 0 Å². The van der Waals surface area contributed by atoms with Gasteiger partial charge < -0.3 is 15.2 Å². The SMILES string of the molecule is CC(C)C1=C2[C@H]3CC[C@@H]4[C@@]5(C)CC[C@H](OC(=O)[C@H]6C[C@@H](C(=O)O)C6(C)C)C(C)(C)[C@@H]5CC[C@@]4(C)[C@]3(C)CC[C@@]2(CCNCc2ccccn2)CC1=O. The zero-order chi connectivity index (χ0) is 37.6. The number of carbonyl (C=O) groups is 3. The van der Waals surface area contributed by atoms with Gasteiger partial charge in [0.1, 0.15) is 6.10 Å². The molecular weight excluding hydrogens is 649 g/mol. The number of rotatable bonds is 9. The third-order valence-electron chi connectivity index (χ3n) is 17.4. The van der Waals surface area contributed by atoms with Crippen LogP contribution in [0.15, 0.2) is 35.5 Å². The van der Waals surface area contributed by atoms with Crippen LogP contribution in [0.2, 0.25) is 0 Å². The molecule has 7 nitrogen and oxygen atoms in total. The molecule has 0 unspecified atom stereocenters. The smallest absolute Gasteiger partial charge is 0.309 e. The number of ether oxygens (including phenoxy) is 1. The van der Waals surface area contributed by atoms with Gasteiger partial charge in [0.05, 0.1) is 17.5 Å². The van der Waals surface area contributed by atoms with Crippen LogP contribution in [0, 0.1) is 68.0 Å². The Balaban J connectivity index is 1.11. The first-order chi connectivity index (χ1) is 24.3. The maximum absolute atomic E-state index is 14.0. The molecule has 0 saturated heterocycles. The number of aromatic nitrogens is 1. The molecule has 6 aliphatic rings. The number of esters is 1. The second kappa shape index (κ2) is 12.8. The third-order valence-corrected chi connectivity index (χ3v) is 17.4. The maximum Gasteiger partial charge on any atom is 0.309 e. The van der Waals surface area contributed by atoms with Gasteiger partial charge in [0.2, 0.25) is 0 Å². The van der Waals surface area contributed by atoms with Crippen LogP contribution in [-0.2, 0) is 25.7 Å². The Morgan fingerprint density at radius 2 is 1.65 bits per heavy atom. The van der Waals surface area contributed by atoms with Crippen LogP contribution in [0.5, 0.6) is 0 Å². The Hall–Kier alpha value is -2.54. The third kappa shape index (κ3) is 5.42. The van der Waals surface area contributed by atoms with Crippen molar-refractivity contribution in [3.8, 4) is 0 Å². The fourth-order valence-corrected chi connectivity index (χ4v) is 14.3. The van der Waals surface area contributed by atoms with Gasteiger partial charge >= 0.3 is 11.9 Å². The molecule has 52 heavy (non-hydrogen) atoms. The fraction of sp³-hybridized carbons (Fsp3) is 0.778. The maximum atomic E-state index is 14.0. The van der Waals surface area contributed by atoms with Crippen molar-refractivity contribution >= 4 is 17.7 Å². The van der Waals surface area contributed by atoms with E-state index in [2.05, 4.69) is 64.8 Å². The van der Waals surface area contributed by atoms with Crippen LogP contribution >= 0.6 is 0 Å². The van der Waals surface area contributed by atoms with E-state index in [0.717, 1.165) is 62.9 Å². The first kappa shape index (κ1) is 37.8. The molecule has 286 valence electrons. The van der Waals surface area contributed by atoms with Crippen LogP contribution in [0.25, 0.3) is 0 Å². The number of pyridine rings is 1. The summed E-state index contributed by atoms with van der Waals surface area (Å²) < 4.78 is 6.42. The molecule has 1 heterocycles. The highest BCUT2D eigenvalue weighted by atomic mass is 16.5. The number of carboxylic acids is 1. The van der Waals surface area contributed by atoms with Crippen molar-refractivity contribution in [1.29, 1.82) is 0 Å². The fourth-order valence-electron chi connectivity index (χ4n) is 14.3. The zero-order valence-electron chi connectivity index (χ0n) is 33.6. The first-order valence-corrected chi connectivity index (χ1v) is 20.7. The molecule has 2 N–H and O–H groups in total. The summed E-state index contributed by atoms with van der Waals surface area (Å²) in [7, 11) is 0. The summed E-state index contributed by atoms with van der Waals surface area (Å²) in [5.74, 6) is 0.238. The molecule has 1 aromatic rings. The van der Waals surface area contributed by atoms with Crippen molar-refractivity contribution in [2.75, 3.05) is 6.54 Å². The Morgan fingerprint density at radius 3 is 2.31 bits per heavy atom. The van der Waals surface area contributed by atoms with Crippen molar-refractivity contribution in [3.05, 3.63) is 41.2 Å². The van der Waals surface area contributed by atoms with Gasteiger partial charge in [-0.05, 0) is 134 Å². The number of hydrogen-bond acceptors (Lipinski definition) is 6. The summed E-state index contributed by atoms with van der Waals surface area (Å²) in [6.45, 7) is 22.4. The number of ketones is 1. The van der Waals surface area contributed by atoms with Gasteiger partial charge in [-0.3, -0.25) is 19.4 Å². The minimum absolute atomic E-state index is 0.0360. The van der Waals surface area contributed by atoms with Crippen LogP contribution in [0.1, 0.15) is 139 Å². The summed E-state index contributed by atoms with van der Waals surface area (Å²) in [5.41, 5.74) is 3.40. The van der Waals surface area contributed by atoms with Gasteiger partial charge in [-0.2, -0.15) is 0 Å². The predicted octanol–water partition coefficient (Wildman–Crippen LogP) is 9.20. The summed E-state index contributed by atoms with van der Waals surface area (Å²) in [6, 6.07) is 6.07. The lowest BCUT2D eigenvalue weighted by molar-refractivity contribution is -0.236. The predicted molar refractivity (Wildman–Crippen MR) is 203 cm³/mol. The average Bonchev–Trinajstić information content (AvgIpc) is 3.37. The molecule has 0 bridgehead atoms. The number of nitrogens with zero attached hydrogens (tertiary/aromatic N) is 1. The van der Waals surface area contributed by atoms with E-state index in [-0.39, 0.29) is 51.0 Å². The van der Waals surface area contributed by atoms with E-state index in [4.69, 9.17) is 4.74 Å². The summed E-state index contributed by atoms with van der Waals surface area (Å²) >= 11 is 0. The van der Waals surface area contributed by atoms with Crippen LogP contribution < -0.4 is 5.32 Å². The van der Waals surface area contributed by atoms with E-state index < -0.39 is 17.3 Å². The van der Waals surface area contributed by atoms with E-state index >= 15 is 0 Å². The Morgan fingerprint density at radius 1 is 0.904 bits per heavy atom. The number of fused-ring (bicyclic) bond motifs is 7. The van der Waals surface area contributed by atoms with Gasteiger partial charge in [-0.25, -0.2) is 0 Å². The van der Waals surface area contributed by atoms with Crippen molar-refractivity contribution in [2.45, 2.75) is 146 Å². The highest BCUT2D eigenvalue weighted by Gasteiger charge is 2.70. The lowest BCUT2D eigenvalue weighted by Crippen LogP contribution is -2.66. The summed E-state index contributed by atoms with van der Waals surface area (Å²) in [5, 5.41) is 13.3. The quantitative estimate of drug-likeness (QED) is 0.194. The molecule has 0 aliphatic heterocycles. The average molecular weight is 715 g/mol. The zero-order valence-corrected chi connectivity index (χ0v) is 33.6. The van der Waals surface area contributed by atoms with E-state index in [9.17, 15) is 19.5 Å². The van der Waals surface area contributed by atoms with Gasteiger partial charge in [0.15, 0.2) is 5.78 Å². The highest BCUT2D eigenvalue weighted by Crippen LogP contribution is 2.77. The Kier molecular flexibility index (Phi) is 9.27. The molecule has 7 rings (SSSR count). The van der Waals surface area contributed by atoms with Crippen LogP contribution in [-0.4, -0.2) is 40.5 Å². The Labute approximate surface area is 312 Å². The topological polar surface area (TPSA) is 106 Å². The molecule has 0 spiro atoms. The summed E-state index contributed by atoms with van der Waals surface area (Å²) in [4.78, 5) is 43.9. The first-order valence-electron chi connectivity index (χ1n) is 20.7. The molecule has 5 saturated carbocycles. The molecular formula is C45H66N2O5. The molecule has 0 radical (unpaired) electrons. The second-order valence-corrected chi connectivity index (χ2v) is 20.5. The van der Waals surface area contributed by atoms with Crippen molar-refractivity contribution in [1.82, 2.24) is 10.3 Å². The van der Waals surface area contributed by atoms with Gasteiger partial charge in [-0.1, -0.05) is 74.0 Å². The number of carboxylic acid groups (broad SMARTS) is 1. The van der Waals surface area contributed by atoms with E-state index in [1.807, 2.05) is 32.2 Å². The van der Waals surface area contributed by atoms with Gasteiger partial charge in [0.25, 0.3) is 0 Å². The number of nitrogens with one attached hydrogen (secondary N) is 1. The monoisotopic (exact) mass is 714 g/mol. The highest BCUT2D eigenvalue weighted by molar-refractivity contribution is 6.00. The molecule has 5 fully saturated rings. The van der Waals surface area contributed by atoms with Crippen molar-refractivity contribution in [2.24, 2.45) is 68.0 Å². The second-order valence-electron chi connectivity index (χ2n) is 20.5. The minimum atomic E-state index is -0.815. The molecule has 0 amide bonds. The van der Waals surface area contributed by atoms with Crippen molar-refractivity contribution < 1.29 is 24.2 Å². The van der Waals surface area contributed by atoms with E-state index in [1.165, 1.54) is 19.3 Å². The number of allylic oxidation sites excluding steroid dienone is 2. The number of aliphatic carboxylic acids is 1. The number of hydrogen-bond donors (Lipinski definition) is 2. The molecule has 7 heteroatoms. The van der Waals surface area contributed by atoms with Crippen LogP contribution in [0.4, 0.5) is 0 Å². The largest absolute Gasteiger partial charge is 0.481 e. The van der Waals surface area contributed by atoms with Gasteiger partial charge in [0, 0.05) is 30.0 Å². The normalized spacial score (nSPS) is 41.7. The lowest BCUT2D eigenvalue weighted by Gasteiger charge is -2.72. The van der Waals surface area contributed by atoms with E-state index in [1.54, 1.807) is 5.57 Å². The number of Topliss-reactive ketones (excluding diaryl/α,β-unsaturated/α-hetero) is 1. The van der Waals surface area contributed by atoms with Crippen molar-refractivity contribution in [3.63, 3.8) is 0 Å². The lowest BCUT2D eigenvalue weighted by atomic mass is 9.33. The van der Waals surface area contributed by atoms with E-state index in [0.29, 0.717) is 36.4 Å².